The monoisotopic (exact) mass is 551 g/mol. The Morgan fingerprint density at radius 3 is 1.95 bits per heavy atom. The van der Waals surface area contributed by atoms with Crippen molar-refractivity contribution in [1.82, 2.24) is 20.2 Å². The standard InChI is InChI=1S/C19H25N5O5.4C2H6.C2H4/c1-3-11(4-2)9-21-14(26)12-13(25)15(27)24-10-18(23-17(28)29)5-7-19(20,8-6-18)16(24)22-12;5*1-2/h3-4,23,25H,1,5-10,20H2,2H3,(H,21,26)(H,28,29);4*1-2H3;1-2H2/b11-4+;;;;;. The number of hydrogen-bond acceptors (Lipinski definition) is 6. The van der Waals surface area contributed by atoms with Gasteiger partial charge in [0.1, 0.15) is 5.82 Å². The van der Waals surface area contributed by atoms with E-state index in [4.69, 9.17) is 5.73 Å². The number of carbonyl (C=O) groups excluding carboxylic acids is 1. The number of carboxylic acid groups (broad SMARTS) is 1. The third-order valence-corrected chi connectivity index (χ3v) is 5.82. The van der Waals surface area contributed by atoms with E-state index in [1.54, 1.807) is 19.1 Å². The Balaban J connectivity index is -0.00000116. The van der Waals surface area contributed by atoms with Gasteiger partial charge in [0.25, 0.3) is 11.5 Å². The first kappa shape index (κ1) is 40.1. The molecule has 0 atom stereocenters. The van der Waals surface area contributed by atoms with Gasteiger partial charge >= 0.3 is 6.09 Å². The molecule has 10 nitrogen and oxygen atoms in total. The van der Waals surface area contributed by atoms with E-state index in [-0.39, 0.29) is 18.9 Å². The highest BCUT2D eigenvalue weighted by atomic mass is 16.4. The number of allylic oxidation sites excluding steroid dienone is 1. The lowest BCUT2D eigenvalue weighted by molar-refractivity contribution is 0.0947. The van der Waals surface area contributed by atoms with Crippen LogP contribution in [-0.4, -0.2) is 43.8 Å². The molecule has 2 aliphatic heterocycles. The fraction of sp³-hybridized carbons (Fsp3) is 0.586. The molecule has 0 saturated heterocycles. The van der Waals surface area contributed by atoms with E-state index < -0.39 is 40.1 Å². The van der Waals surface area contributed by atoms with Crippen molar-refractivity contribution in [3.63, 3.8) is 0 Å². The largest absolute Gasteiger partial charge is 0.501 e. The maximum atomic E-state index is 12.9. The number of fused-ring (bicyclic) bond motifs is 2. The minimum absolute atomic E-state index is 0.00589. The summed E-state index contributed by atoms with van der Waals surface area (Å²) in [4.78, 5) is 41.0. The predicted octanol–water partition coefficient (Wildman–Crippen LogP) is 5.47. The van der Waals surface area contributed by atoms with E-state index in [0.29, 0.717) is 25.7 Å². The lowest BCUT2D eigenvalue weighted by Gasteiger charge is -2.39. The molecule has 3 heterocycles. The Kier molecular flexibility index (Phi) is 21.1. The second kappa shape index (κ2) is 20.5. The van der Waals surface area contributed by atoms with Gasteiger partial charge in [-0.2, -0.15) is 0 Å². The summed E-state index contributed by atoms with van der Waals surface area (Å²) < 4.78 is 1.20. The molecule has 6 N–H and O–H groups in total. The second-order valence-corrected chi connectivity index (χ2v) is 7.64. The molecular formula is C29H53N5O5. The number of rotatable bonds is 5. The average Bonchev–Trinajstić information content (AvgIpc) is 3.18. The van der Waals surface area contributed by atoms with Crippen LogP contribution in [-0.2, 0) is 12.1 Å². The molecule has 2 amide bonds. The molecule has 10 heteroatoms. The fourth-order valence-electron chi connectivity index (χ4n) is 4.04. The summed E-state index contributed by atoms with van der Waals surface area (Å²) in [6, 6.07) is 0. The van der Waals surface area contributed by atoms with Gasteiger partial charge in [0.05, 0.1) is 17.6 Å². The van der Waals surface area contributed by atoms with Gasteiger partial charge in [-0.1, -0.05) is 74.1 Å². The second-order valence-electron chi connectivity index (χ2n) is 7.64. The van der Waals surface area contributed by atoms with Crippen LogP contribution in [0.1, 0.15) is 104 Å². The number of nitrogens with two attached hydrogens (primary N) is 1. The zero-order valence-corrected chi connectivity index (χ0v) is 25.6. The molecule has 2 bridgehead atoms. The van der Waals surface area contributed by atoms with Crippen molar-refractivity contribution in [2.75, 3.05) is 6.54 Å². The normalized spacial score (nSPS) is 19.8. The summed E-state index contributed by atoms with van der Waals surface area (Å²) in [5.41, 5.74) is 4.22. The minimum atomic E-state index is -1.19. The Morgan fingerprint density at radius 2 is 1.54 bits per heavy atom. The highest BCUT2D eigenvalue weighted by Gasteiger charge is 2.49. The van der Waals surface area contributed by atoms with Crippen LogP contribution in [0.25, 0.3) is 0 Å². The highest BCUT2D eigenvalue weighted by molar-refractivity contribution is 5.94. The first-order valence-electron chi connectivity index (χ1n) is 13.8. The number of nitrogens with one attached hydrogen (secondary N) is 2. The summed E-state index contributed by atoms with van der Waals surface area (Å²) in [6.07, 6.45) is 3.79. The van der Waals surface area contributed by atoms with Gasteiger partial charge < -0.3 is 26.6 Å². The topological polar surface area (TPSA) is 160 Å². The molecule has 0 radical (unpaired) electrons. The molecule has 1 fully saturated rings. The number of carbonyl (C=O) groups is 2. The van der Waals surface area contributed by atoms with Gasteiger partial charge in [0.2, 0.25) is 5.75 Å². The molecule has 1 aromatic heterocycles. The van der Waals surface area contributed by atoms with Crippen LogP contribution in [0.15, 0.2) is 42.3 Å². The van der Waals surface area contributed by atoms with Crippen LogP contribution in [0, 0.1) is 0 Å². The quantitative estimate of drug-likeness (QED) is 0.240. The lowest BCUT2D eigenvalue weighted by Crippen LogP contribution is -2.54. The van der Waals surface area contributed by atoms with Crippen LogP contribution in [0.3, 0.4) is 0 Å². The van der Waals surface area contributed by atoms with E-state index in [2.05, 4.69) is 35.4 Å². The molecule has 3 aliphatic rings. The first-order chi connectivity index (χ1) is 18.6. The molecule has 1 saturated carbocycles. The van der Waals surface area contributed by atoms with Gasteiger partial charge in [0, 0.05) is 6.54 Å². The maximum absolute atomic E-state index is 12.9. The molecule has 0 unspecified atom stereocenters. The van der Waals surface area contributed by atoms with Crippen molar-refractivity contribution in [1.29, 1.82) is 0 Å². The zero-order chi connectivity index (χ0) is 31.4. The van der Waals surface area contributed by atoms with Crippen LogP contribution in [0.5, 0.6) is 5.75 Å². The summed E-state index contributed by atoms with van der Waals surface area (Å²) in [5, 5.41) is 24.7. The van der Waals surface area contributed by atoms with Gasteiger partial charge in [-0.15, -0.1) is 13.2 Å². The first-order valence-corrected chi connectivity index (χ1v) is 13.8. The van der Waals surface area contributed by atoms with Crippen LogP contribution in [0.4, 0.5) is 4.79 Å². The smallest absolute Gasteiger partial charge is 0.405 e. The maximum Gasteiger partial charge on any atom is 0.405 e. The van der Waals surface area contributed by atoms with E-state index in [1.807, 2.05) is 55.4 Å². The summed E-state index contributed by atoms with van der Waals surface area (Å²) >= 11 is 0. The van der Waals surface area contributed by atoms with Crippen LogP contribution < -0.4 is 21.9 Å². The molecular weight excluding hydrogens is 498 g/mol. The fourth-order valence-corrected chi connectivity index (χ4v) is 4.04. The Hall–Kier alpha value is -3.40. The van der Waals surface area contributed by atoms with Crippen LogP contribution in [0.2, 0.25) is 0 Å². The molecule has 1 aliphatic carbocycles. The molecule has 0 aromatic carbocycles. The van der Waals surface area contributed by atoms with Crippen LogP contribution >= 0.6 is 0 Å². The molecule has 0 spiro atoms. The predicted molar refractivity (Wildman–Crippen MR) is 161 cm³/mol. The van der Waals surface area contributed by atoms with Crippen molar-refractivity contribution in [2.24, 2.45) is 5.73 Å². The summed E-state index contributed by atoms with van der Waals surface area (Å²) in [6.45, 7) is 27.6. The van der Waals surface area contributed by atoms with Gasteiger partial charge in [-0.3, -0.25) is 14.2 Å². The lowest BCUT2D eigenvalue weighted by atomic mass is 9.74. The third kappa shape index (κ3) is 10.4. The van der Waals surface area contributed by atoms with Crippen molar-refractivity contribution < 1.29 is 19.8 Å². The van der Waals surface area contributed by atoms with Crippen molar-refractivity contribution in [2.45, 2.75) is 106 Å². The van der Waals surface area contributed by atoms with Crippen molar-refractivity contribution in [3.05, 3.63) is 59.3 Å². The van der Waals surface area contributed by atoms with E-state index in [9.17, 15) is 24.6 Å². The van der Waals surface area contributed by atoms with Crippen molar-refractivity contribution >= 4 is 12.0 Å². The number of hydrogen-bond donors (Lipinski definition) is 5. The molecule has 1 aromatic rings. The Bertz CT molecular complexity index is 977. The molecule has 39 heavy (non-hydrogen) atoms. The Morgan fingerprint density at radius 1 is 1.05 bits per heavy atom. The van der Waals surface area contributed by atoms with Gasteiger partial charge in [-0.05, 0) is 38.2 Å². The third-order valence-electron chi connectivity index (χ3n) is 5.82. The van der Waals surface area contributed by atoms with Crippen molar-refractivity contribution in [3.8, 4) is 5.75 Å². The van der Waals surface area contributed by atoms with E-state index in [1.165, 1.54) is 4.57 Å². The SMILES string of the molecule is C=C.C=C/C(=C\C)CNC(=O)c1nc2n(c(=O)c1O)CC1(NC(=O)O)CCC2(N)CC1.CC.CC.CC.CC. The molecule has 224 valence electrons. The van der Waals surface area contributed by atoms with E-state index in [0.717, 1.165) is 5.57 Å². The minimum Gasteiger partial charge on any atom is -0.501 e. The van der Waals surface area contributed by atoms with Gasteiger partial charge in [0.15, 0.2) is 5.69 Å². The Labute approximate surface area is 235 Å². The molecule has 4 rings (SSSR count). The number of amides is 2. The van der Waals surface area contributed by atoms with E-state index >= 15 is 0 Å². The number of aromatic hydroxyl groups is 1. The van der Waals surface area contributed by atoms with Gasteiger partial charge in [-0.25, -0.2) is 9.78 Å². The number of nitrogens with zero attached hydrogens (tertiary/aromatic N) is 2. The zero-order valence-electron chi connectivity index (χ0n) is 25.6. The number of aromatic nitrogens is 2. The average molecular weight is 552 g/mol. The summed E-state index contributed by atoms with van der Waals surface area (Å²) in [5.74, 6) is -1.31. The summed E-state index contributed by atoms with van der Waals surface area (Å²) in [7, 11) is 0. The highest BCUT2D eigenvalue weighted by Crippen LogP contribution is 2.43.